The van der Waals surface area contributed by atoms with Gasteiger partial charge >= 0.3 is 11.3 Å². The lowest BCUT2D eigenvalue weighted by atomic mass is 10.0. The van der Waals surface area contributed by atoms with E-state index in [0.717, 1.165) is 4.90 Å². The van der Waals surface area contributed by atoms with Crippen LogP contribution in [0.4, 0.5) is 0 Å². The molecule has 17 nitrogen and oxygen atoms in total. The van der Waals surface area contributed by atoms with E-state index in [1.165, 1.54) is 4.90 Å². The summed E-state index contributed by atoms with van der Waals surface area (Å²) in [6.07, 6.45) is 0.164. The number of hydrogen-bond donors (Lipinski definition) is 0. The number of carbonyl (C=O) groups excluding carboxylic acids is 3. The maximum Gasteiger partial charge on any atom is 0.492 e. The molecule has 2 heterocycles. The molecule has 0 aromatic heterocycles. The third-order valence-electron chi connectivity index (χ3n) is 5.09. The van der Waals surface area contributed by atoms with Crippen LogP contribution in [-0.4, -0.2) is 91.0 Å². The van der Waals surface area contributed by atoms with Gasteiger partial charge in [-0.25, -0.2) is 0 Å². The highest BCUT2D eigenvalue weighted by atomic mass is 16.7. The summed E-state index contributed by atoms with van der Waals surface area (Å²) in [5.41, 5.74) is -4.40. The van der Waals surface area contributed by atoms with Gasteiger partial charge in [-0.2, -0.15) is 0 Å². The lowest BCUT2D eigenvalue weighted by Crippen LogP contribution is -2.71. The van der Waals surface area contributed by atoms with Crippen LogP contribution in [0.5, 0.6) is 0 Å². The first kappa shape index (κ1) is 32.5. The first-order valence-corrected chi connectivity index (χ1v) is 9.37. The molecule has 0 N–H and O–H groups in total. The molecule has 2 aliphatic rings. The van der Waals surface area contributed by atoms with Gasteiger partial charge in [0, 0.05) is 12.8 Å². The molecule has 17 heteroatoms. The fraction of sp³-hybridized carbons (Fsp3) is 0.824. The van der Waals surface area contributed by atoms with E-state index in [0.29, 0.717) is 6.42 Å². The van der Waals surface area contributed by atoms with Gasteiger partial charge in [0.1, 0.15) is 44.3 Å². The van der Waals surface area contributed by atoms with Crippen molar-refractivity contribution in [1.82, 2.24) is 9.80 Å². The summed E-state index contributed by atoms with van der Waals surface area (Å²) in [5, 5.41) is 42.1. The Morgan fingerprint density at radius 1 is 0.706 bits per heavy atom. The van der Waals surface area contributed by atoms with Crippen molar-refractivity contribution in [3.8, 4) is 0 Å². The lowest BCUT2D eigenvalue weighted by molar-refractivity contribution is -0.810. The number of ketones is 2. The summed E-state index contributed by atoms with van der Waals surface area (Å²) in [4.78, 5) is 74.0. The molecule has 1 amide bonds. The molecule has 194 valence electrons. The van der Waals surface area contributed by atoms with Gasteiger partial charge in [0.25, 0.3) is 0 Å². The van der Waals surface area contributed by atoms with Gasteiger partial charge in [-0.3, -0.25) is 59.7 Å². The molecule has 34 heavy (non-hydrogen) atoms. The van der Waals surface area contributed by atoms with E-state index >= 15 is 0 Å². The molecule has 0 spiro atoms. The van der Waals surface area contributed by atoms with E-state index < -0.39 is 50.0 Å². The predicted octanol–water partition coefficient (Wildman–Crippen LogP) is 0.251. The molecule has 0 aromatic carbocycles. The maximum absolute atomic E-state index is 11.4. The molecule has 0 bridgehead atoms. The fourth-order valence-corrected chi connectivity index (χ4v) is 2.88. The minimum atomic E-state index is -2.30. The maximum atomic E-state index is 11.4. The number of carbonyl (C=O) groups is 3. The van der Waals surface area contributed by atoms with E-state index in [9.17, 15) is 54.8 Å². The molecule has 0 unspecified atom stereocenters. The summed E-state index contributed by atoms with van der Waals surface area (Å²) in [6, 6.07) is 0. The van der Waals surface area contributed by atoms with Crippen molar-refractivity contribution in [3.05, 3.63) is 40.5 Å². The van der Waals surface area contributed by atoms with Gasteiger partial charge in [-0.1, -0.05) is 28.7 Å². The standard InChI is InChI=1S/C8H11N3O6.C7H11N3O5.2CH4/c1-2-6(12)3-7(13)9-4-8(5-9,10(14)15)11(16)17;1-2-6(11)3-8-4-7(5-8,9(12)13)10(14)15;;/h2-5H2,1H3;2-5H2,1H3;2*1H4. The normalized spacial score (nSPS) is 17.1. The minimum Gasteiger partial charge on any atom is -0.314 e. The molecule has 2 aliphatic heterocycles. The second-order valence-corrected chi connectivity index (χ2v) is 7.35. The number of nitrogens with zero attached hydrogens (tertiary/aromatic N) is 6. The summed E-state index contributed by atoms with van der Waals surface area (Å²) in [7, 11) is 0. The zero-order valence-electron chi connectivity index (χ0n) is 17.3. The highest BCUT2D eigenvalue weighted by Gasteiger charge is 2.67. The Morgan fingerprint density at radius 3 is 1.38 bits per heavy atom. The van der Waals surface area contributed by atoms with Crippen LogP contribution in [0.1, 0.15) is 48.0 Å². The molecule has 2 fully saturated rings. The molecular weight excluding hydrogens is 464 g/mol. The Hall–Kier alpha value is -3.63. The number of nitro groups is 4. The second kappa shape index (κ2) is 12.6. The monoisotopic (exact) mass is 494 g/mol. The van der Waals surface area contributed by atoms with E-state index in [-0.39, 0.29) is 58.9 Å². The third kappa shape index (κ3) is 6.69. The number of Topliss-reactive ketones (excluding diaryl/α,β-unsaturated/α-hetero) is 2. The minimum absolute atomic E-state index is 0. The number of likely N-dealkylation sites (tertiary alicyclic amines) is 2. The molecule has 2 saturated heterocycles. The molecule has 0 aromatic rings. The summed E-state index contributed by atoms with van der Waals surface area (Å²) in [5.74, 6) is -0.971. The highest BCUT2D eigenvalue weighted by molar-refractivity contribution is 5.98. The number of rotatable bonds is 10. The van der Waals surface area contributed by atoms with Gasteiger partial charge in [-0.15, -0.1) is 0 Å². The molecule has 0 atom stereocenters. The highest BCUT2D eigenvalue weighted by Crippen LogP contribution is 2.26. The van der Waals surface area contributed by atoms with Crippen LogP contribution in [0.3, 0.4) is 0 Å². The zero-order valence-corrected chi connectivity index (χ0v) is 17.3. The summed E-state index contributed by atoms with van der Waals surface area (Å²) in [6.45, 7) is 1.57. The summed E-state index contributed by atoms with van der Waals surface area (Å²) >= 11 is 0. The van der Waals surface area contributed by atoms with Gasteiger partial charge in [-0.05, 0) is 0 Å². The third-order valence-corrected chi connectivity index (χ3v) is 5.09. The Balaban J connectivity index is 0. The second-order valence-electron chi connectivity index (χ2n) is 7.35. The average Bonchev–Trinajstić information content (AvgIpc) is 2.62. The van der Waals surface area contributed by atoms with Crippen LogP contribution in [0, 0.1) is 40.5 Å². The van der Waals surface area contributed by atoms with E-state index in [1.807, 2.05) is 0 Å². The average molecular weight is 494 g/mol. The number of hydrogen-bond acceptors (Lipinski definition) is 12. The quantitative estimate of drug-likeness (QED) is 0.172. The van der Waals surface area contributed by atoms with Crippen LogP contribution in [-0.2, 0) is 14.4 Å². The molecule has 0 aliphatic carbocycles. The van der Waals surface area contributed by atoms with E-state index in [4.69, 9.17) is 0 Å². The topological polar surface area (TPSA) is 230 Å². The Kier molecular flexibility index (Phi) is 12.0. The summed E-state index contributed by atoms with van der Waals surface area (Å²) < 4.78 is 0. The Bertz CT molecular complexity index is 802. The van der Waals surface area contributed by atoms with Crippen molar-refractivity contribution in [2.75, 3.05) is 32.7 Å². The number of amides is 1. The van der Waals surface area contributed by atoms with Crippen molar-refractivity contribution in [1.29, 1.82) is 0 Å². The van der Waals surface area contributed by atoms with Crippen LogP contribution in [0.25, 0.3) is 0 Å². The van der Waals surface area contributed by atoms with E-state index in [2.05, 4.69) is 0 Å². The molecule has 0 saturated carbocycles. The van der Waals surface area contributed by atoms with Crippen molar-refractivity contribution < 1.29 is 34.1 Å². The first-order chi connectivity index (χ1) is 14.7. The largest absolute Gasteiger partial charge is 0.492 e. The Labute approximate surface area is 194 Å². The van der Waals surface area contributed by atoms with Crippen LogP contribution < -0.4 is 0 Å². The van der Waals surface area contributed by atoms with Gasteiger partial charge < -0.3 is 4.90 Å². The lowest BCUT2D eigenvalue weighted by Gasteiger charge is -2.35. The zero-order chi connectivity index (χ0) is 24.9. The van der Waals surface area contributed by atoms with Gasteiger partial charge in [0.2, 0.25) is 5.91 Å². The fourth-order valence-electron chi connectivity index (χ4n) is 2.88. The SMILES string of the molecule is C.C.CCC(=O)CC(=O)N1CC([N+](=O)[O-])([N+](=O)[O-])C1.CCC(=O)CN1CC([N+](=O)[O-])([N+](=O)[O-])C1. The van der Waals surface area contributed by atoms with Crippen molar-refractivity contribution in [3.63, 3.8) is 0 Å². The van der Waals surface area contributed by atoms with Crippen LogP contribution >= 0.6 is 0 Å². The van der Waals surface area contributed by atoms with Crippen molar-refractivity contribution >= 4 is 17.5 Å². The van der Waals surface area contributed by atoms with Gasteiger partial charge in [0.15, 0.2) is 13.1 Å². The van der Waals surface area contributed by atoms with Crippen LogP contribution in [0.2, 0.25) is 0 Å². The smallest absolute Gasteiger partial charge is 0.314 e. The van der Waals surface area contributed by atoms with Crippen molar-refractivity contribution in [2.24, 2.45) is 0 Å². The predicted molar refractivity (Wildman–Crippen MR) is 115 cm³/mol. The van der Waals surface area contributed by atoms with Crippen LogP contribution in [0.15, 0.2) is 0 Å². The molecule has 2 rings (SSSR count). The van der Waals surface area contributed by atoms with Gasteiger partial charge in [0.05, 0.1) is 13.0 Å². The van der Waals surface area contributed by atoms with Crippen molar-refractivity contribution in [2.45, 2.75) is 59.3 Å². The molecule has 0 radical (unpaired) electrons. The molecular formula is C17H30N6O11. The van der Waals surface area contributed by atoms with E-state index in [1.54, 1.807) is 13.8 Å². The Morgan fingerprint density at radius 2 is 1.06 bits per heavy atom. The first-order valence-electron chi connectivity index (χ1n) is 9.37.